The summed E-state index contributed by atoms with van der Waals surface area (Å²) in [6.07, 6.45) is 7.42. The van der Waals surface area contributed by atoms with E-state index >= 15 is 0 Å². The summed E-state index contributed by atoms with van der Waals surface area (Å²) >= 11 is 0. The van der Waals surface area contributed by atoms with Crippen molar-refractivity contribution < 1.29 is 9.53 Å². The lowest BCUT2D eigenvalue weighted by Crippen LogP contribution is -2.48. The minimum absolute atomic E-state index is 0.143. The predicted octanol–water partition coefficient (Wildman–Crippen LogP) is 2.81. The first-order valence-corrected chi connectivity index (χ1v) is 12.8. The normalized spacial score (nSPS) is 18.2. The molecule has 0 unspecified atom stereocenters. The van der Waals surface area contributed by atoms with E-state index in [2.05, 4.69) is 26.7 Å². The van der Waals surface area contributed by atoms with Crippen LogP contribution in [0, 0.1) is 16.7 Å². The zero-order valence-corrected chi connectivity index (χ0v) is 21.1. The number of hydrogen-bond acceptors (Lipinski definition) is 7. The number of amidine groups is 1. The van der Waals surface area contributed by atoms with Crippen molar-refractivity contribution >= 4 is 17.6 Å². The smallest absolute Gasteiger partial charge is 0.317 e. The Morgan fingerprint density at radius 3 is 2.81 bits per heavy atom. The van der Waals surface area contributed by atoms with Gasteiger partial charge in [0.05, 0.1) is 23.9 Å². The molecule has 192 valence electrons. The molecule has 1 saturated heterocycles. The maximum absolute atomic E-state index is 12.5. The number of rotatable bonds is 4. The Bertz CT molecular complexity index is 1250. The Morgan fingerprint density at radius 2 is 2.08 bits per heavy atom. The van der Waals surface area contributed by atoms with Gasteiger partial charge in [0.25, 0.3) is 0 Å². The Labute approximate surface area is 216 Å². The fraction of sp³-hybridized carbons (Fsp3) is 0.444. The number of hydrogen-bond donors (Lipinski definition) is 3. The van der Waals surface area contributed by atoms with Crippen molar-refractivity contribution in [3.8, 4) is 17.3 Å². The van der Waals surface area contributed by atoms with Gasteiger partial charge in [-0.1, -0.05) is 0 Å². The third kappa shape index (κ3) is 5.13. The fourth-order valence-electron chi connectivity index (χ4n) is 5.34. The molecule has 0 bridgehead atoms. The monoisotopic (exact) mass is 500 g/mol. The van der Waals surface area contributed by atoms with Gasteiger partial charge in [-0.15, -0.1) is 0 Å². The quantitative estimate of drug-likeness (QED) is 0.435. The van der Waals surface area contributed by atoms with E-state index in [4.69, 9.17) is 4.74 Å². The molecule has 2 amide bonds. The fourth-order valence-corrected chi connectivity index (χ4v) is 5.34. The highest BCUT2D eigenvalue weighted by molar-refractivity contribution is 6.09. The zero-order valence-electron chi connectivity index (χ0n) is 21.1. The number of carbonyl (C=O) groups excluding carboxylic acids is 1. The second kappa shape index (κ2) is 11.0. The first-order valence-electron chi connectivity index (χ1n) is 12.8. The van der Waals surface area contributed by atoms with Crippen LogP contribution in [0.4, 0.5) is 10.5 Å². The predicted molar refractivity (Wildman–Crippen MR) is 140 cm³/mol. The van der Waals surface area contributed by atoms with Gasteiger partial charge in [-0.2, -0.15) is 5.26 Å². The Kier molecular flexibility index (Phi) is 7.32. The molecule has 0 spiro atoms. The number of aryl methyl sites for hydroxylation is 1. The number of anilines is 1. The van der Waals surface area contributed by atoms with Gasteiger partial charge in [0.1, 0.15) is 12.2 Å². The number of aromatic nitrogens is 2. The van der Waals surface area contributed by atoms with E-state index in [1.54, 1.807) is 24.2 Å². The van der Waals surface area contributed by atoms with Crippen molar-refractivity contribution in [2.24, 2.45) is 0 Å². The van der Waals surface area contributed by atoms with Crippen molar-refractivity contribution in [3.05, 3.63) is 53.1 Å². The van der Waals surface area contributed by atoms with Gasteiger partial charge >= 0.3 is 6.03 Å². The van der Waals surface area contributed by atoms with E-state index in [0.29, 0.717) is 49.2 Å². The molecular formula is C27H32N8O2. The molecule has 1 fully saturated rings. The van der Waals surface area contributed by atoms with Crippen LogP contribution in [0.25, 0.3) is 11.3 Å². The summed E-state index contributed by atoms with van der Waals surface area (Å²) < 4.78 is 5.52. The number of ether oxygens (including phenoxy) is 1. The molecule has 0 radical (unpaired) electrons. The van der Waals surface area contributed by atoms with Gasteiger partial charge in [0, 0.05) is 74.5 Å². The third-order valence-electron chi connectivity index (χ3n) is 7.32. The topological polar surface area (TPSA) is 130 Å². The molecule has 10 nitrogen and oxygen atoms in total. The largest absolute Gasteiger partial charge is 0.385 e. The van der Waals surface area contributed by atoms with Crippen LogP contribution in [0.2, 0.25) is 0 Å². The zero-order chi connectivity index (χ0) is 25.8. The van der Waals surface area contributed by atoms with Crippen LogP contribution < -0.4 is 15.5 Å². The average molecular weight is 501 g/mol. The summed E-state index contributed by atoms with van der Waals surface area (Å²) in [6.45, 7) is 3.09. The Morgan fingerprint density at radius 1 is 1.24 bits per heavy atom. The number of benzene rings is 1. The number of carbonyl (C=O) groups is 1. The van der Waals surface area contributed by atoms with Gasteiger partial charge in [0.15, 0.2) is 0 Å². The number of nitrogens with one attached hydrogen (secondary N) is 3. The SMILES string of the molecule is CNC(=O)N1CCC(NC2CCOCC2)=C(C(=N)N2CCCc3cc(-c4ccncn4)c(C#N)cc32)C1. The van der Waals surface area contributed by atoms with Gasteiger partial charge < -0.3 is 25.2 Å². The number of nitriles is 1. The van der Waals surface area contributed by atoms with Gasteiger partial charge in [0.2, 0.25) is 0 Å². The average Bonchev–Trinajstić information content (AvgIpc) is 2.96. The second-order valence-electron chi connectivity index (χ2n) is 9.55. The van der Waals surface area contributed by atoms with Crippen LogP contribution in [0.5, 0.6) is 0 Å². The highest BCUT2D eigenvalue weighted by Gasteiger charge is 2.31. The summed E-state index contributed by atoms with van der Waals surface area (Å²) in [5.74, 6) is 0.378. The number of urea groups is 1. The highest BCUT2D eigenvalue weighted by atomic mass is 16.5. The number of amides is 2. The van der Waals surface area contributed by atoms with Crippen LogP contribution >= 0.6 is 0 Å². The van der Waals surface area contributed by atoms with E-state index in [-0.39, 0.29) is 6.03 Å². The molecule has 3 N–H and O–H groups in total. The van der Waals surface area contributed by atoms with E-state index in [1.807, 2.05) is 17.0 Å². The summed E-state index contributed by atoms with van der Waals surface area (Å²) in [4.78, 5) is 24.6. The van der Waals surface area contributed by atoms with Crippen LogP contribution in [0.1, 0.15) is 36.8 Å². The second-order valence-corrected chi connectivity index (χ2v) is 9.55. The van der Waals surface area contributed by atoms with Crippen molar-refractivity contribution in [2.45, 2.75) is 38.1 Å². The van der Waals surface area contributed by atoms with E-state index in [1.165, 1.54) is 6.33 Å². The molecule has 0 atom stereocenters. The van der Waals surface area contributed by atoms with Crippen molar-refractivity contribution in [1.82, 2.24) is 25.5 Å². The minimum Gasteiger partial charge on any atom is -0.385 e. The number of fused-ring (bicyclic) bond motifs is 1. The molecule has 2 aromatic rings. The molecule has 0 saturated carbocycles. The first-order chi connectivity index (χ1) is 18.1. The molecule has 37 heavy (non-hydrogen) atoms. The molecule has 4 heterocycles. The standard InChI is InChI=1S/C27H32N8O2/c1-30-27(36)34-10-5-24(33-20-6-11-37-12-7-20)22(16-34)26(29)35-9-2-3-18-13-21(19(15-28)14-25(18)35)23-4-8-31-17-32-23/h4,8,13-14,17,20,29,33H,2-3,5-7,9-12,16H2,1H3,(H,30,36). The maximum Gasteiger partial charge on any atom is 0.317 e. The first kappa shape index (κ1) is 24.7. The summed E-state index contributed by atoms with van der Waals surface area (Å²) in [5.41, 5.74) is 5.82. The third-order valence-corrected chi connectivity index (χ3v) is 7.32. The summed E-state index contributed by atoms with van der Waals surface area (Å²) in [5, 5.41) is 25.7. The van der Waals surface area contributed by atoms with Gasteiger partial charge in [-0.3, -0.25) is 5.41 Å². The molecule has 1 aromatic carbocycles. The molecule has 0 aliphatic carbocycles. The Hall–Kier alpha value is -3.97. The minimum atomic E-state index is -0.143. The molecule has 3 aliphatic rings. The molecule has 1 aromatic heterocycles. The molecule has 3 aliphatic heterocycles. The summed E-state index contributed by atoms with van der Waals surface area (Å²) in [7, 11) is 1.63. The Balaban J connectivity index is 1.50. The number of nitrogens with zero attached hydrogens (tertiary/aromatic N) is 5. The highest BCUT2D eigenvalue weighted by Crippen LogP contribution is 2.35. The van der Waals surface area contributed by atoms with Gasteiger partial charge in [-0.05, 0) is 49.4 Å². The lowest BCUT2D eigenvalue weighted by molar-refractivity contribution is 0.0798. The van der Waals surface area contributed by atoms with Crippen molar-refractivity contribution in [1.29, 1.82) is 10.7 Å². The van der Waals surface area contributed by atoms with Crippen molar-refractivity contribution in [3.63, 3.8) is 0 Å². The maximum atomic E-state index is 12.5. The van der Waals surface area contributed by atoms with Gasteiger partial charge in [-0.25, -0.2) is 14.8 Å². The van der Waals surface area contributed by atoms with E-state index in [9.17, 15) is 15.5 Å². The van der Waals surface area contributed by atoms with Crippen LogP contribution in [0.15, 0.2) is 42.0 Å². The lowest BCUT2D eigenvalue weighted by Gasteiger charge is -2.38. The van der Waals surface area contributed by atoms with E-state index < -0.39 is 0 Å². The molecule has 10 heteroatoms. The lowest BCUT2D eigenvalue weighted by atomic mass is 9.93. The van der Waals surface area contributed by atoms with Crippen LogP contribution in [-0.4, -0.2) is 72.7 Å². The summed E-state index contributed by atoms with van der Waals surface area (Å²) in [6, 6.07) is 8.19. The molecular weight excluding hydrogens is 468 g/mol. The van der Waals surface area contributed by atoms with Crippen LogP contribution in [0.3, 0.4) is 0 Å². The van der Waals surface area contributed by atoms with E-state index in [0.717, 1.165) is 67.0 Å². The van der Waals surface area contributed by atoms with Crippen LogP contribution in [-0.2, 0) is 11.2 Å². The molecule has 5 rings (SSSR count). The van der Waals surface area contributed by atoms with Crippen molar-refractivity contribution in [2.75, 3.05) is 44.8 Å².